The second-order valence-electron chi connectivity index (χ2n) is 13.0. The summed E-state index contributed by atoms with van der Waals surface area (Å²) < 4.78 is 67.3. The molecule has 14 heteroatoms. The zero-order chi connectivity index (χ0) is 34.2. The minimum atomic E-state index is -3.83. The number of halogens is 3. The van der Waals surface area contributed by atoms with E-state index in [-0.39, 0.29) is 16.3 Å². The van der Waals surface area contributed by atoms with Gasteiger partial charge in [0, 0.05) is 72.5 Å². The van der Waals surface area contributed by atoms with Crippen molar-refractivity contribution in [1.29, 1.82) is 0 Å². The van der Waals surface area contributed by atoms with Crippen LogP contribution in [-0.2, 0) is 14.8 Å². The Labute approximate surface area is 283 Å². The minimum absolute atomic E-state index is 0.0321. The molecular formula is C34H37ClF2N6O4S. The molecule has 1 saturated heterocycles. The lowest BCUT2D eigenvalue weighted by molar-refractivity contribution is 0.0240. The Morgan fingerprint density at radius 2 is 1.67 bits per heavy atom. The highest BCUT2D eigenvalue weighted by Crippen LogP contribution is 2.39. The van der Waals surface area contributed by atoms with Crippen molar-refractivity contribution in [1.82, 2.24) is 19.7 Å². The van der Waals surface area contributed by atoms with Gasteiger partial charge in [0.1, 0.15) is 17.1 Å². The fraction of sp³-hybridized carbons (Fsp3) is 0.382. The summed E-state index contributed by atoms with van der Waals surface area (Å²) in [5, 5.41) is 4.24. The fourth-order valence-corrected chi connectivity index (χ4v) is 7.87. The molecule has 254 valence electrons. The van der Waals surface area contributed by atoms with Gasteiger partial charge < -0.3 is 14.5 Å². The molecule has 2 aromatic heterocycles. The summed E-state index contributed by atoms with van der Waals surface area (Å²) in [5.41, 5.74) is 1.25. The minimum Gasteiger partial charge on any atom is -0.444 e. The van der Waals surface area contributed by atoms with Crippen molar-refractivity contribution in [3.05, 3.63) is 77.7 Å². The molecule has 6 rings (SSSR count). The molecule has 10 nitrogen and oxygen atoms in total. The van der Waals surface area contributed by atoms with Crippen molar-refractivity contribution in [3.8, 4) is 28.1 Å². The average molecular weight is 699 g/mol. The molecule has 0 unspecified atom stereocenters. The number of carbonyl (C=O) groups is 1. The zero-order valence-electron chi connectivity index (χ0n) is 26.9. The van der Waals surface area contributed by atoms with Crippen molar-refractivity contribution < 1.29 is 26.7 Å². The normalized spacial score (nSPS) is 16.0. The smallest absolute Gasteiger partial charge is 0.410 e. The first-order chi connectivity index (χ1) is 22.8. The van der Waals surface area contributed by atoms with Gasteiger partial charge in [-0.05, 0) is 70.0 Å². The highest BCUT2D eigenvalue weighted by atomic mass is 35.5. The van der Waals surface area contributed by atoms with E-state index in [1.807, 2.05) is 25.7 Å². The number of anilines is 2. The van der Waals surface area contributed by atoms with Crippen molar-refractivity contribution in [2.24, 2.45) is 0 Å². The van der Waals surface area contributed by atoms with Crippen molar-refractivity contribution in [2.45, 2.75) is 57.3 Å². The van der Waals surface area contributed by atoms with E-state index in [0.29, 0.717) is 67.2 Å². The van der Waals surface area contributed by atoms with E-state index < -0.39 is 38.6 Å². The molecule has 2 aliphatic rings. The Hall–Kier alpha value is -4.23. The SMILES string of the molecule is CC(C)(C)OC(=O)N1CCN(c2ccc(-n3cc(-c4cc(Cl)cc(NS(=O)(=O)C5CCCC5)c4F)c(-c4ccncc4)n3)cc2F)CC1. The quantitative estimate of drug-likeness (QED) is 0.216. The third-order valence-corrected chi connectivity index (χ3v) is 10.5. The molecule has 1 aliphatic heterocycles. The summed E-state index contributed by atoms with van der Waals surface area (Å²) >= 11 is 6.43. The highest BCUT2D eigenvalue weighted by Gasteiger charge is 2.31. The van der Waals surface area contributed by atoms with Gasteiger partial charge in [-0.3, -0.25) is 9.71 Å². The standard InChI is InChI=1S/C34H37ClF2N6O4S/c1-34(2,3)47-33(44)42-16-14-41(15-17-42)30-9-8-24(20-28(30)36)43-21-27(32(39-43)22-10-12-38-13-11-22)26-18-23(35)19-29(31(26)37)40-48(45,46)25-6-4-5-7-25/h8-13,18-21,25,40H,4-7,14-17H2,1-3H3. The van der Waals surface area contributed by atoms with Gasteiger partial charge >= 0.3 is 6.09 Å². The van der Waals surface area contributed by atoms with E-state index in [1.165, 1.54) is 22.9 Å². The molecule has 1 N–H and O–H groups in total. The van der Waals surface area contributed by atoms with E-state index in [0.717, 1.165) is 12.8 Å². The summed E-state index contributed by atoms with van der Waals surface area (Å²) in [6.45, 7) is 7.06. The van der Waals surface area contributed by atoms with Crippen LogP contribution in [0.15, 0.2) is 61.1 Å². The molecule has 0 spiro atoms. The number of nitrogens with one attached hydrogen (secondary N) is 1. The van der Waals surface area contributed by atoms with Gasteiger partial charge in [0.15, 0.2) is 5.82 Å². The molecule has 4 aromatic rings. The number of pyridine rings is 1. The Morgan fingerprint density at radius 3 is 2.31 bits per heavy atom. The Kier molecular flexibility index (Phi) is 9.36. The largest absolute Gasteiger partial charge is 0.444 e. The molecule has 2 fully saturated rings. The van der Waals surface area contributed by atoms with E-state index >= 15 is 8.78 Å². The van der Waals surface area contributed by atoms with E-state index in [2.05, 4.69) is 9.71 Å². The van der Waals surface area contributed by atoms with Gasteiger partial charge in [0.2, 0.25) is 10.0 Å². The van der Waals surface area contributed by atoms with Crippen LogP contribution < -0.4 is 9.62 Å². The summed E-state index contributed by atoms with van der Waals surface area (Å²) in [6, 6.07) is 10.8. The maximum atomic E-state index is 16.2. The average Bonchev–Trinajstić information content (AvgIpc) is 3.74. The van der Waals surface area contributed by atoms with Gasteiger partial charge in [-0.25, -0.2) is 26.7 Å². The van der Waals surface area contributed by atoms with E-state index in [4.69, 9.17) is 21.4 Å². The van der Waals surface area contributed by atoms with Crippen LogP contribution in [0.25, 0.3) is 28.1 Å². The monoisotopic (exact) mass is 698 g/mol. The Bertz CT molecular complexity index is 1920. The molecule has 48 heavy (non-hydrogen) atoms. The molecule has 3 heterocycles. The first kappa shape index (κ1) is 33.7. The van der Waals surface area contributed by atoms with Crippen LogP contribution in [0.1, 0.15) is 46.5 Å². The predicted molar refractivity (Wildman–Crippen MR) is 182 cm³/mol. The maximum Gasteiger partial charge on any atom is 0.410 e. The van der Waals surface area contributed by atoms with Gasteiger partial charge in [-0.1, -0.05) is 24.4 Å². The van der Waals surface area contributed by atoms with Gasteiger partial charge in [-0.2, -0.15) is 5.10 Å². The summed E-state index contributed by atoms with van der Waals surface area (Å²) in [5.74, 6) is -1.29. The third-order valence-electron chi connectivity index (χ3n) is 8.46. The van der Waals surface area contributed by atoms with Crippen LogP contribution >= 0.6 is 11.6 Å². The van der Waals surface area contributed by atoms with Crippen molar-refractivity contribution >= 4 is 39.1 Å². The van der Waals surface area contributed by atoms with Crippen LogP contribution in [0.3, 0.4) is 0 Å². The third kappa shape index (κ3) is 7.26. The summed E-state index contributed by atoms with van der Waals surface area (Å²) in [7, 11) is -3.83. The lowest BCUT2D eigenvalue weighted by atomic mass is 10.0. The van der Waals surface area contributed by atoms with Crippen LogP contribution in [0.5, 0.6) is 0 Å². The number of nitrogens with zero attached hydrogens (tertiary/aromatic N) is 5. The first-order valence-electron chi connectivity index (χ1n) is 15.8. The number of ether oxygens (including phenoxy) is 1. The molecular weight excluding hydrogens is 662 g/mol. The zero-order valence-corrected chi connectivity index (χ0v) is 28.5. The number of piperazine rings is 1. The molecule has 1 aliphatic carbocycles. The summed E-state index contributed by atoms with van der Waals surface area (Å²) in [6.07, 6.45) is 6.95. The second-order valence-corrected chi connectivity index (χ2v) is 15.4. The molecule has 0 bridgehead atoms. The van der Waals surface area contributed by atoms with Crippen LogP contribution in [-0.4, -0.2) is 71.2 Å². The number of carbonyl (C=O) groups excluding carboxylic acids is 1. The number of amides is 1. The topological polar surface area (TPSA) is 110 Å². The predicted octanol–water partition coefficient (Wildman–Crippen LogP) is 7.27. The number of hydrogen-bond acceptors (Lipinski definition) is 7. The van der Waals surface area contributed by atoms with Gasteiger partial charge in [0.05, 0.1) is 22.3 Å². The second kappa shape index (κ2) is 13.3. The maximum absolute atomic E-state index is 16.2. The lowest BCUT2D eigenvalue weighted by Gasteiger charge is -2.36. The highest BCUT2D eigenvalue weighted by molar-refractivity contribution is 7.93. The number of aromatic nitrogens is 3. The van der Waals surface area contributed by atoms with Gasteiger partial charge in [-0.15, -0.1) is 0 Å². The molecule has 0 atom stereocenters. The van der Waals surface area contributed by atoms with Crippen LogP contribution in [0.4, 0.5) is 25.0 Å². The van der Waals surface area contributed by atoms with Crippen LogP contribution in [0, 0.1) is 11.6 Å². The van der Waals surface area contributed by atoms with Crippen LogP contribution in [0.2, 0.25) is 5.02 Å². The first-order valence-corrected chi connectivity index (χ1v) is 17.8. The Morgan fingerprint density at radius 1 is 0.979 bits per heavy atom. The number of benzene rings is 2. The number of hydrogen-bond donors (Lipinski definition) is 1. The van der Waals surface area contributed by atoms with Gasteiger partial charge in [0.25, 0.3) is 0 Å². The molecule has 1 saturated carbocycles. The van der Waals surface area contributed by atoms with Crippen molar-refractivity contribution in [3.63, 3.8) is 0 Å². The van der Waals surface area contributed by atoms with Crippen molar-refractivity contribution in [2.75, 3.05) is 35.8 Å². The Balaban J connectivity index is 1.31. The molecule has 0 radical (unpaired) electrons. The van der Waals surface area contributed by atoms with E-state index in [9.17, 15) is 13.2 Å². The van der Waals surface area contributed by atoms with E-state index in [1.54, 1.807) is 47.8 Å². The number of sulfonamides is 1. The lowest BCUT2D eigenvalue weighted by Crippen LogP contribution is -2.50. The molecule has 2 aromatic carbocycles. The summed E-state index contributed by atoms with van der Waals surface area (Å²) in [4.78, 5) is 20.0. The molecule has 1 amide bonds. The number of rotatable bonds is 7. The fourth-order valence-electron chi connectivity index (χ4n) is 6.07.